The zero-order chi connectivity index (χ0) is 22.1. The Morgan fingerprint density at radius 2 is 1.97 bits per heavy atom. The number of amides is 1. The van der Waals surface area contributed by atoms with Gasteiger partial charge in [-0.3, -0.25) is 14.2 Å². The van der Waals surface area contributed by atoms with E-state index in [9.17, 15) is 9.59 Å². The van der Waals surface area contributed by atoms with Crippen LogP contribution in [0.3, 0.4) is 0 Å². The molecule has 0 saturated heterocycles. The third kappa shape index (κ3) is 3.90. The van der Waals surface area contributed by atoms with Gasteiger partial charge in [0.15, 0.2) is 0 Å². The molecule has 0 radical (unpaired) electrons. The molecule has 31 heavy (non-hydrogen) atoms. The molecule has 2 heterocycles. The van der Waals surface area contributed by atoms with Crippen molar-refractivity contribution in [2.24, 2.45) is 0 Å². The fourth-order valence-corrected chi connectivity index (χ4v) is 3.90. The second-order valence-electron chi connectivity index (χ2n) is 7.54. The topological polar surface area (TPSA) is 100 Å². The third-order valence-electron chi connectivity index (χ3n) is 5.35. The highest BCUT2D eigenvalue weighted by Crippen LogP contribution is 2.29. The Balaban J connectivity index is 1.72. The van der Waals surface area contributed by atoms with Crippen molar-refractivity contribution in [3.8, 4) is 17.4 Å². The van der Waals surface area contributed by atoms with Crippen molar-refractivity contribution in [2.75, 3.05) is 19.5 Å². The van der Waals surface area contributed by atoms with E-state index in [-0.39, 0.29) is 18.0 Å². The quantitative estimate of drug-likeness (QED) is 0.652. The van der Waals surface area contributed by atoms with Gasteiger partial charge in [0.05, 0.1) is 31.3 Å². The van der Waals surface area contributed by atoms with Gasteiger partial charge in [0.25, 0.3) is 5.56 Å². The number of rotatable bonds is 6. The van der Waals surface area contributed by atoms with Crippen molar-refractivity contribution in [2.45, 2.75) is 39.7 Å². The SMILES string of the molecule is COc1ccc(OC)c(NC(=O)Cn2c(-n3nc(C)cc3C)nc3c(c2=O)CCC3)c1. The number of aryl methyl sites for hydroxylation is 3. The summed E-state index contributed by atoms with van der Waals surface area (Å²) in [6.45, 7) is 3.57. The lowest BCUT2D eigenvalue weighted by atomic mass is 10.2. The van der Waals surface area contributed by atoms with Crippen molar-refractivity contribution in [3.05, 3.63) is 57.3 Å². The van der Waals surface area contributed by atoms with E-state index in [4.69, 9.17) is 14.5 Å². The lowest BCUT2D eigenvalue weighted by Gasteiger charge is -2.16. The molecule has 1 amide bonds. The van der Waals surface area contributed by atoms with Crippen LogP contribution in [0.5, 0.6) is 11.5 Å². The van der Waals surface area contributed by atoms with Gasteiger partial charge in [-0.15, -0.1) is 0 Å². The molecule has 1 aliphatic rings. The van der Waals surface area contributed by atoms with Gasteiger partial charge in [0.2, 0.25) is 11.9 Å². The summed E-state index contributed by atoms with van der Waals surface area (Å²) in [7, 11) is 3.07. The van der Waals surface area contributed by atoms with E-state index >= 15 is 0 Å². The molecule has 1 N–H and O–H groups in total. The van der Waals surface area contributed by atoms with Gasteiger partial charge in [0, 0.05) is 17.3 Å². The zero-order valence-corrected chi connectivity index (χ0v) is 18.1. The minimum absolute atomic E-state index is 0.196. The number of nitrogens with one attached hydrogen (secondary N) is 1. The molecule has 0 atom stereocenters. The first kappa shape index (κ1) is 20.6. The summed E-state index contributed by atoms with van der Waals surface area (Å²) in [6.07, 6.45) is 2.31. The molecule has 0 aliphatic heterocycles. The zero-order valence-electron chi connectivity index (χ0n) is 18.1. The van der Waals surface area contributed by atoms with Crippen LogP contribution in [0.15, 0.2) is 29.1 Å². The Labute approximate surface area is 179 Å². The van der Waals surface area contributed by atoms with Crippen LogP contribution in [-0.2, 0) is 24.2 Å². The molecule has 3 aromatic rings. The number of aromatic nitrogens is 4. The number of carbonyl (C=O) groups excluding carboxylic acids is 1. The highest BCUT2D eigenvalue weighted by atomic mass is 16.5. The maximum atomic E-state index is 13.2. The van der Waals surface area contributed by atoms with E-state index in [1.54, 1.807) is 30.0 Å². The maximum absolute atomic E-state index is 13.2. The number of fused-ring (bicyclic) bond motifs is 1. The first-order chi connectivity index (χ1) is 14.9. The summed E-state index contributed by atoms with van der Waals surface area (Å²) in [5, 5.41) is 7.29. The summed E-state index contributed by atoms with van der Waals surface area (Å²) in [5.74, 6) is 1.04. The first-order valence-corrected chi connectivity index (χ1v) is 10.1. The van der Waals surface area contributed by atoms with Crippen LogP contribution in [0.25, 0.3) is 5.95 Å². The summed E-state index contributed by atoms with van der Waals surface area (Å²) >= 11 is 0. The molecule has 0 saturated carbocycles. The average Bonchev–Trinajstić information content (AvgIpc) is 3.35. The van der Waals surface area contributed by atoms with E-state index in [1.165, 1.54) is 11.7 Å². The van der Waals surface area contributed by atoms with Crippen LogP contribution < -0.4 is 20.3 Å². The van der Waals surface area contributed by atoms with Crippen LogP contribution in [0, 0.1) is 13.8 Å². The van der Waals surface area contributed by atoms with Gasteiger partial charge in [0.1, 0.15) is 18.0 Å². The largest absolute Gasteiger partial charge is 0.497 e. The smallest absolute Gasteiger partial charge is 0.258 e. The van der Waals surface area contributed by atoms with E-state index in [0.717, 1.165) is 29.9 Å². The molecule has 0 fully saturated rings. The Morgan fingerprint density at radius 1 is 1.16 bits per heavy atom. The van der Waals surface area contributed by atoms with E-state index in [0.29, 0.717) is 35.1 Å². The number of hydrogen-bond acceptors (Lipinski definition) is 6. The van der Waals surface area contributed by atoms with Crippen molar-refractivity contribution >= 4 is 11.6 Å². The summed E-state index contributed by atoms with van der Waals surface area (Å²) in [6, 6.07) is 7.02. The van der Waals surface area contributed by atoms with Gasteiger partial charge in [-0.05, 0) is 51.3 Å². The fourth-order valence-electron chi connectivity index (χ4n) is 3.90. The normalized spacial score (nSPS) is 12.5. The molecule has 1 aromatic carbocycles. The monoisotopic (exact) mass is 423 g/mol. The second-order valence-corrected chi connectivity index (χ2v) is 7.54. The molecule has 1 aliphatic carbocycles. The van der Waals surface area contributed by atoms with Gasteiger partial charge in [-0.2, -0.15) is 5.10 Å². The van der Waals surface area contributed by atoms with Crippen LogP contribution in [0.2, 0.25) is 0 Å². The fraction of sp³-hybridized carbons (Fsp3) is 0.364. The molecule has 162 valence electrons. The molecule has 4 rings (SSSR count). The number of hydrogen-bond donors (Lipinski definition) is 1. The second kappa shape index (κ2) is 8.25. The molecular weight excluding hydrogens is 398 g/mol. The molecule has 0 bridgehead atoms. The van der Waals surface area contributed by atoms with Gasteiger partial charge >= 0.3 is 0 Å². The van der Waals surface area contributed by atoms with Gasteiger partial charge in [-0.25, -0.2) is 9.67 Å². The summed E-state index contributed by atoms with van der Waals surface area (Å²) < 4.78 is 13.6. The molecular formula is C22H25N5O4. The highest BCUT2D eigenvalue weighted by Gasteiger charge is 2.24. The number of ether oxygens (including phenoxy) is 2. The lowest BCUT2D eigenvalue weighted by molar-refractivity contribution is -0.116. The van der Waals surface area contributed by atoms with Crippen molar-refractivity contribution in [1.29, 1.82) is 0 Å². The van der Waals surface area contributed by atoms with E-state index in [1.807, 2.05) is 19.9 Å². The van der Waals surface area contributed by atoms with E-state index in [2.05, 4.69) is 10.4 Å². The number of anilines is 1. The van der Waals surface area contributed by atoms with Crippen LogP contribution in [0.1, 0.15) is 29.1 Å². The number of benzene rings is 1. The lowest BCUT2D eigenvalue weighted by Crippen LogP contribution is -2.34. The van der Waals surface area contributed by atoms with Gasteiger partial charge < -0.3 is 14.8 Å². The summed E-state index contributed by atoms with van der Waals surface area (Å²) in [5.41, 5.74) is 3.38. The van der Waals surface area contributed by atoms with Crippen molar-refractivity contribution < 1.29 is 14.3 Å². The molecule has 0 unspecified atom stereocenters. The van der Waals surface area contributed by atoms with Crippen LogP contribution >= 0.6 is 0 Å². The van der Waals surface area contributed by atoms with Crippen molar-refractivity contribution in [1.82, 2.24) is 19.3 Å². The molecule has 0 spiro atoms. The Morgan fingerprint density at radius 3 is 2.65 bits per heavy atom. The van der Waals surface area contributed by atoms with Crippen LogP contribution in [0.4, 0.5) is 5.69 Å². The minimum atomic E-state index is -0.379. The predicted octanol–water partition coefficient (Wildman–Crippen LogP) is 2.19. The minimum Gasteiger partial charge on any atom is -0.497 e. The predicted molar refractivity (Wildman–Crippen MR) is 115 cm³/mol. The maximum Gasteiger partial charge on any atom is 0.258 e. The highest BCUT2D eigenvalue weighted by molar-refractivity contribution is 5.92. The number of methoxy groups -OCH3 is 2. The molecule has 9 heteroatoms. The van der Waals surface area contributed by atoms with Crippen LogP contribution in [-0.4, -0.2) is 39.5 Å². The Bertz CT molecular complexity index is 1210. The Hall–Kier alpha value is -3.62. The standard InChI is InChI=1S/C22H25N5O4/c1-13-10-14(2)27(25-13)22-24-17-7-5-6-16(17)21(29)26(22)12-20(28)23-18-11-15(30-3)8-9-19(18)31-4/h8-11H,5-7,12H2,1-4H3,(H,23,28). The molecule has 2 aromatic heterocycles. The van der Waals surface area contributed by atoms with Gasteiger partial charge in [-0.1, -0.05) is 0 Å². The van der Waals surface area contributed by atoms with E-state index < -0.39 is 0 Å². The number of carbonyl (C=O) groups is 1. The third-order valence-corrected chi connectivity index (χ3v) is 5.35. The number of nitrogens with zero attached hydrogens (tertiary/aromatic N) is 4. The molecule has 9 nitrogen and oxygen atoms in total. The summed E-state index contributed by atoms with van der Waals surface area (Å²) in [4.78, 5) is 30.9. The van der Waals surface area contributed by atoms with Crippen molar-refractivity contribution in [3.63, 3.8) is 0 Å². The Kier molecular flexibility index (Phi) is 5.50. The first-order valence-electron chi connectivity index (χ1n) is 10.1. The average molecular weight is 423 g/mol.